The number of para-hydroxylation sites is 1. The molecule has 0 bridgehead atoms. The maximum atomic E-state index is 12.6. The van der Waals surface area contributed by atoms with Crippen molar-refractivity contribution in [3.63, 3.8) is 0 Å². The van der Waals surface area contributed by atoms with Gasteiger partial charge in [0.25, 0.3) is 0 Å². The minimum Gasteiger partial charge on any atom is -0.308 e. The summed E-state index contributed by atoms with van der Waals surface area (Å²) in [6, 6.07) is 6.14. The number of amides is 1. The summed E-state index contributed by atoms with van der Waals surface area (Å²) >= 11 is 1.56. The summed E-state index contributed by atoms with van der Waals surface area (Å²) in [5.41, 5.74) is 2.14. The molecule has 2 aromatic rings. The van der Waals surface area contributed by atoms with Crippen LogP contribution in [0.3, 0.4) is 0 Å². The Kier molecular flexibility index (Phi) is 5.48. The van der Waals surface area contributed by atoms with Gasteiger partial charge < -0.3 is 15.1 Å². The third-order valence-electron chi connectivity index (χ3n) is 4.59. The number of thiazole rings is 1. The van der Waals surface area contributed by atoms with E-state index in [4.69, 9.17) is 0 Å². The molecule has 1 aromatic heterocycles. The Morgan fingerprint density at radius 1 is 1.46 bits per heavy atom. The van der Waals surface area contributed by atoms with E-state index in [2.05, 4.69) is 53.3 Å². The van der Waals surface area contributed by atoms with Crippen LogP contribution in [0.25, 0.3) is 10.2 Å². The van der Waals surface area contributed by atoms with Crippen LogP contribution in [-0.2, 0) is 4.79 Å². The van der Waals surface area contributed by atoms with Gasteiger partial charge in [0.05, 0.1) is 16.1 Å². The number of anilines is 1. The lowest BCUT2D eigenvalue weighted by atomic mass is 9.97. The Balaban J connectivity index is 1.62. The van der Waals surface area contributed by atoms with Gasteiger partial charge in [-0.1, -0.05) is 23.5 Å². The molecule has 130 valence electrons. The van der Waals surface area contributed by atoms with Gasteiger partial charge in [0.2, 0.25) is 5.91 Å². The predicted molar refractivity (Wildman–Crippen MR) is 101 cm³/mol. The number of fused-ring (bicyclic) bond motifs is 1. The van der Waals surface area contributed by atoms with Crippen LogP contribution in [0.4, 0.5) is 5.13 Å². The molecular formula is C18H26N4OS. The van der Waals surface area contributed by atoms with Crippen molar-refractivity contribution in [2.75, 3.05) is 45.6 Å². The zero-order valence-electron chi connectivity index (χ0n) is 14.7. The molecule has 1 unspecified atom stereocenters. The number of rotatable bonds is 5. The SMILES string of the molecule is Cc1cccc2sc(NC(=O)C3CCCN(CCN(C)C)C3)nc12. The van der Waals surface area contributed by atoms with E-state index >= 15 is 0 Å². The third-order valence-corrected chi connectivity index (χ3v) is 5.53. The highest BCUT2D eigenvalue weighted by Crippen LogP contribution is 2.28. The van der Waals surface area contributed by atoms with Crippen LogP contribution < -0.4 is 5.32 Å². The maximum Gasteiger partial charge on any atom is 0.230 e. The van der Waals surface area contributed by atoms with Gasteiger partial charge in [-0.25, -0.2) is 4.98 Å². The number of likely N-dealkylation sites (tertiary alicyclic amines) is 1. The molecule has 0 saturated carbocycles. The predicted octanol–water partition coefficient (Wildman–Crippen LogP) is 2.82. The number of aromatic nitrogens is 1. The number of benzene rings is 1. The highest BCUT2D eigenvalue weighted by Gasteiger charge is 2.26. The van der Waals surface area contributed by atoms with E-state index in [0.29, 0.717) is 0 Å². The smallest absolute Gasteiger partial charge is 0.230 e. The summed E-state index contributed by atoms with van der Waals surface area (Å²) in [7, 11) is 4.17. The molecule has 1 N–H and O–H groups in total. The molecule has 0 radical (unpaired) electrons. The number of piperidine rings is 1. The summed E-state index contributed by atoms with van der Waals surface area (Å²) in [6.07, 6.45) is 2.05. The van der Waals surface area contributed by atoms with E-state index in [0.717, 1.165) is 59.9 Å². The van der Waals surface area contributed by atoms with Gasteiger partial charge in [0.1, 0.15) is 0 Å². The van der Waals surface area contributed by atoms with Gasteiger partial charge in [0.15, 0.2) is 5.13 Å². The molecule has 3 rings (SSSR count). The lowest BCUT2D eigenvalue weighted by molar-refractivity contribution is -0.121. The second-order valence-electron chi connectivity index (χ2n) is 6.87. The molecule has 1 saturated heterocycles. The third kappa shape index (κ3) is 4.12. The lowest BCUT2D eigenvalue weighted by Crippen LogP contribution is -2.43. The van der Waals surface area contributed by atoms with E-state index in [1.165, 1.54) is 0 Å². The second kappa shape index (κ2) is 7.59. The fraction of sp³-hybridized carbons (Fsp3) is 0.556. The largest absolute Gasteiger partial charge is 0.308 e. The van der Waals surface area contributed by atoms with Crippen molar-refractivity contribution in [2.45, 2.75) is 19.8 Å². The molecule has 1 fully saturated rings. The zero-order chi connectivity index (χ0) is 17.1. The first kappa shape index (κ1) is 17.3. The van der Waals surface area contributed by atoms with Crippen molar-refractivity contribution >= 4 is 32.6 Å². The number of nitrogens with one attached hydrogen (secondary N) is 1. The molecule has 1 amide bonds. The topological polar surface area (TPSA) is 48.5 Å². The molecule has 1 aromatic carbocycles. The standard InChI is InChI=1S/C18H26N4OS/c1-13-6-4-8-15-16(13)19-18(24-15)20-17(23)14-7-5-9-22(12-14)11-10-21(2)3/h4,6,8,14H,5,7,9-12H2,1-3H3,(H,19,20,23). The molecule has 0 aliphatic carbocycles. The van der Waals surface area contributed by atoms with Crippen LogP contribution >= 0.6 is 11.3 Å². The Labute approximate surface area is 147 Å². The quantitative estimate of drug-likeness (QED) is 0.904. The van der Waals surface area contributed by atoms with Crippen LogP contribution in [0.5, 0.6) is 0 Å². The van der Waals surface area contributed by atoms with Gasteiger partial charge in [-0.15, -0.1) is 0 Å². The lowest BCUT2D eigenvalue weighted by Gasteiger charge is -2.32. The van der Waals surface area contributed by atoms with Crippen molar-refractivity contribution in [3.05, 3.63) is 23.8 Å². The number of aryl methyl sites for hydroxylation is 1. The van der Waals surface area contributed by atoms with E-state index in [1.807, 2.05) is 6.07 Å². The molecule has 5 nitrogen and oxygen atoms in total. The van der Waals surface area contributed by atoms with Crippen molar-refractivity contribution in [3.8, 4) is 0 Å². The van der Waals surface area contributed by atoms with Crippen molar-refractivity contribution < 1.29 is 4.79 Å². The van der Waals surface area contributed by atoms with Crippen molar-refractivity contribution in [1.29, 1.82) is 0 Å². The van der Waals surface area contributed by atoms with Crippen molar-refractivity contribution in [1.82, 2.24) is 14.8 Å². The number of likely N-dealkylation sites (N-methyl/N-ethyl adjacent to an activating group) is 1. The number of hydrogen-bond acceptors (Lipinski definition) is 5. The average Bonchev–Trinajstić information content (AvgIpc) is 2.97. The highest BCUT2D eigenvalue weighted by atomic mass is 32.1. The highest BCUT2D eigenvalue weighted by molar-refractivity contribution is 7.22. The van der Waals surface area contributed by atoms with Crippen LogP contribution in [-0.4, -0.2) is 61.0 Å². The van der Waals surface area contributed by atoms with E-state index in [1.54, 1.807) is 11.3 Å². The molecule has 0 spiro atoms. The van der Waals surface area contributed by atoms with Gasteiger partial charge in [-0.2, -0.15) is 0 Å². The summed E-state index contributed by atoms with van der Waals surface area (Å²) < 4.78 is 1.13. The Hall–Kier alpha value is -1.50. The number of nitrogens with zero attached hydrogens (tertiary/aromatic N) is 3. The fourth-order valence-corrected chi connectivity index (χ4v) is 4.11. The molecule has 24 heavy (non-hydrogen) atoms. The van der Waals surface area contributed by atoms with Gasteiger partial charge in [-0.3, -0.25) is 4.79 Å². The molecule has 2 heterocycles. The Morgan fingerprint density at radius 3 is 3.04 bits per heavy atom. The molecule has 6 heteroatoms. The van der Waals surface area contributed by atoms with Gasteiger partial charge in [0, 0.05) is 19.6 Å². The van der Waals surface area contributed by atoms with E-state index in [-0.39, 0.29) is 11.8 Å². The minimum atomic E-state index is 0.0639. The number of carbonyl (C=O) groups excluding carboxylic acids is 1. The van der Waals surface area contributed by atoms with Crippen LogP contribution in [0.15, 0.2) is 18.2 Å². The second-order valence-corrected chi connectivity index (χ2v) is 7.90. The summed E-state index contributed by atoms with van der Waals surface area (Å²) in [6.45, 7) is 6.06. The van der Waals surface area contributed by atoms with Gasteiger partial charge in [-0.05, 0) is 52.0 Å². The van der Waals surface area contributed by atoms with E-state index < -0.39 is 0 Å². The number of hydrogen-bond donors (Lipinski definition) is 1. The first-order valence-corrected chi connectivity index (χ1v) is 9.38. The summed E-state index contributed by atoms with van der Waals surface area (Å²) in [5, 5.41) is 3.76. The monoisotopic (exact) mass is 346 g/mol. The summed E-state index contributed by atoms with van der Waals surface area (Å²) in [4.78, 5) is 21.8. The van der Waals surface area contributed by atoms with Crippen LogP contribution in [0.1, 0.15) is 18.4 Å². The molecule has 1 aliphatic heterocycles. The Morgan fingerprint density at radius 2 is 2.29 bits per heavy atom. The first-order chi connectivity index (χ1) is 11.5. The van der Waals surface area contributed by atoms with Gasteiger partial charge >= 0.3 is 0 Å². The van der Waals surface area contributed by atoms with E-state index in [9.17, 15) is 4.79 Å². The van der Waals surface area contributed by atoms with Crippen LogP contribution in [0, 0.1) is 12.8 Å². The summed E-state index contributed by atoms with van der Waals surface area (Å²) in [5.74, 6) is 0.176. The molecule has 1 atom stereocenters. The normalized spacial score (nSPS) is 19.1. The minimum absolute atomic E-state index is 0.0639. The Bertz CT molecular complexity index is 712. The fourth-order valence-electron chi connectivity index (χ4n) is 3.16. The molecule has 1 aliphatic rings. The first-order valence-electron chi connectivity index (χ1n) is 8.57. The zero-order valence-corrected chi connectivity index (χ0v) is 15.5. The van der Waals surface area contributed by atoms with Crippen molar-refractivity contribution in [2.24, 2.45) is 5.92 Å². The maximum absolute atomic E-state index is 12.6. The average molecular weight is 347 g/mol. The molecular weight excluding hydrogens is 320 g/mol. The van der Waals surface area contributed by atoms with Crippen LogP contribution in [0.2, 0.25) is 0 Å². The number of carbonyl (C=O) groups is 1.